The molecule has 1 aromatic carbocycles. The highest BCUT2D eigenvalue weighted by molar-refractivity contribution is 7.21. The van der Waals surface area contributed by atoms with E-state index in [1.807, 2.05) is 31.2 Å². The maximum atomic E-state index is 12.5. The number of aromatic nitrogens is 2. The van der Waals surface area contributed by atoms with Gasteiger partial charge in [-0.15, -0.1) is 22.7 Å². The van der Waals surface area contributed by atoms with Crippen LogP contribution in [0.3, 0.4) is 0 Å². The Kier molecular flexibility index (Phi) is 5.06. The van der Waals surface area contributed by atoms with Crippen LogP contribution in [-0.2, 0) is 16.1 Å². The molecule has 4 aromatic rings. The van der Waals surface area contributed by atoms with E-state index in [1.165, 1.54) is 33.6 Å². The van der Waals surface area contributed by atoms with Crippen molar-refractivity contribution in [3.05, 3.63) is 62.8 Å². The minimum atomic E-state index is -0.524. The van der Waals surface area contributed by atoms with Crippen molar-refractivity contribution in [3.8, 4) is 0 Å². The lowest BCUT2D eigenvalue weighted by Crippen LogP contribution is -2.22. The molecule has 0 aliphatic rings. The first-order valence-electron chi connectivity index (χ1n) is 8.64. The van der Waals surface area contributed by atoms with Gasteiger partial charge >= 0.3 is 5.97 Å². The molecule has 3 aromatic heterocycles. The fraction of sp³-hybridized carbons (Fsp3) is 0.200. The Bertz CT molecular complexity index is 1250. The third kappa shape index (κ3) is 3.48. The predicted molar refractivity (Wildman–Crippen MR) is 110 cm³/mol. The Morgan fingerprint density at radius 3 is 2.82 bits per heavy atom. The van der Waals surface area contributed by atoms with Gasteiger partial charge in [-0.05, 0) is 35.4 Å². The van der Waals surface area contributed by atoms with E-state index in [-0.39, 0.29) is 30.9 Å². The number of nitrogens with zero attached hydrogens (tertiary/aromatic N) is 2. The molecule has 0 spiro atoms. The lowest BCUT2D eigenvalue weighted by atomic mass is 10.1. The number of rotatable bonds is 6. The van der Waals surface area contributed by atoms with Gasteiger partial charge in [0.2, 0.25) is 5.78 Å². The number of carbonyl (C=O) groups is 2. The molecule has 0 amide bonds. The van der Waals surface area contributed by atoms with Gasteiger partial charge in [0.1, 0.15) is 4.83 Å². The second-order valence-electron chi connectivity index (χ2n) is 6.27. The summed E-state index contributed by atoms with van der Waals surface area (Å²) in [6, 6.07) is 9.51. The Balaban J connectivity index is 1.37. The molecule has 0 saturated heterocycles. The maximum absolute atomic E-state index is 12.5. The van der Waals surface area contributed by atoms with Crippen LogP contribution in [-0.4, -0.2) is 27.9 Å². The normalized spacial score (nSPS) is 11.2. The summed E-state index contributed by atoms with van der Waals surface area (Å²) < 4.78 is 7.54. The van der Waals surface area contributed by atoms with E-state index in [2.05, 4.69) is 4.98 Å². The number of ether oxygens (including phenoxy) is 1. The molecule has 142 valence electrons. The zero-order valence-corrected chi connectivity index (χ0v) is 16.6. The van der Waals surface area contributed by atoms with Crippen molar-refractivity contribution in [1.82, 2.24) is 9.55 Å². The first-order chi connectivity index (χ1) is 13.5. The molecule has 3 heterocycles. The maximum Gasteiger partial charge on any atom is 0.308 e. The van der Waals surface area contributed by atoms with Crippen molar-refractivity contribution in [1.29, 1.82) is 0 Å². The first-order valence-corrected chi connectivity index (χ1v) is 10.3. The van der Waals surface area contributed by atoms with E-state index in [1.54, 1.807) is 11.4 Å². The van der Waals surface area contributed by atoms with E-state index in [4.69, 9.17) is 4.74 Å². The molecule has 4 rings (SSSR count). The molecule has 0 unspecified atom stereocenters. The smallest absolute Gasteiger partial charge is 0.308 e. The van der Waals surface area contributed by atoms with Gasteiger partial charge in [-0.1, -0.05) is 18.2 Å². The fourth-order valence-corrected chi connectivity index (χ4v) is 4.85. The molecular formula is C20H16N2O4S2. The summed E-state index contributed by atoms with van der Waals surface area (Å²) in [6.07, 6.45) is 1.43. The number of Topliss-reactive ketones (excluding diaryl/α,β-unsaturated/α-hetero) is 1. The van der Waals surface area contributed by atoms with Gasteiger partial charge in [0.05, 0.1) is 23.0 Å². The molecular weight excluding hydrogens is 396 g/mol. The van der Waals surface area contributed by atoms with E-state index >= 15 is 0 Å². The fourth-order valence-electron chi connectivity index (χ4n) is 2.99. The van der Waals surface area contributed by atoms with Gasteiger partial charge in [0.15, 0.2) is 6.61 Å². The van der Waals surface area contributed by atoms with Crippen LogP contribution < -0.4 is 5.56 Å². The number of esters is 1. The van der Waals surface area contributed by atoms with Crippen LogP contribution >= 0.6 is 22.7 Å². The third-order valence-electron chi connectivity index (χ3n) is 4.47. The molecule has 0 saturated carbocycles. The SMILES string of the molecule is Cc1c(C(=O)COC(=O)CCn2cnc3sccc3c2=O)sc2ccccc12. The van der Waals surface area contributed by atoms with E-state index < -0.39 is 5.97 Å². The van der Waals surface area contributed by atoms with Crippen molar-refractivity contribution in [2.45, 2.75) is 19.9 Å². The van der Waals surface area contributed by atoms with Gasteiger partial charge in [-0.2, -0.15) is 0 Å². The van der Waals surface area contributed by atoms with E-state index in [9.17, 15) is 14.4 Å². The van der Waals surface area contributed by atoms with Crippen LogP contribution in [0.4, 0.5) is 0 Å². The Hall–Kier alpha value is -2.84. The standard InChI is InChI=1S/C20H16N2O4S2/c1-12-13-4-2-3-5-16(13)28-18(12)15(23)10-26-17(24)6-8-22-11-21-19-14(20(22)25)7-9-27-19/h2-5,7,9,11H,6,8,10H2,1H3. The number of ketones is 1. The zero-order valence-electron chi connectivity index (χ0n) is 15.0. The van der Waals surface area contributed by atoms with Gasteiger partial charge in [0, 0.05) is 11.2 Å². The average molecular weight is 412 g/mol. The van der Waals surface area contributed by atoms with Crippen molar-refractivity contribution in [3.63, 3.8) is 0 Å². The molecule has 0 N–H and O–H groups in total. The topological polar surface area (TPSA) is 78.3 Å². The number of hydrogen-bond acceptors (Lipinski definition) is 7. The van der Waals surface area contributed by atoms with Crippen LogP contribution in [0.25, 0.3) is 20.3 Å². The number of benzene rings is 1. The van der Waals surface area contributed by atoms with Crippen molar-refractivity contribution < 1.29 is 14.3 Å². The molecule has 0 radical (unpaired) electrons. The highest BCUT2D eigenvalue weighted by atomic mass is 32.1. The van der Waals surface area contributed by atoms with Crippen LogP contribution in [0.5, 0.6) is 0 Å². The number of thiophene rings is 2. The Morgan fingerprint density at radius 2 is 2.00 bits per heavy atom. The van der Waals surface area contributed by atoms with Crippen LogP contribution in [0.1, 0.15) is 21.7 Å². The van der Waals surface area contributed by atoms with Gasteiger partial charge < -0.3 is 4.74 Å². The Morgan fingerprint density at radius 1 is 1.18 bits per heavy atom. The largest absolute Gasteiger partial charge is 0.457 e. The zero-order chi connectivity index (χ0) is 19.7. The summed E-state index contributed by atoms with van der Waals surface area (Å²) in [5, 5.41) is 3.38. The molecule has 28 heavy (non-hydrogen) atoms. The van der Waals surface area contributed by atoms with Gasteiger partial charge in [-0.25, -0.2) is 4.98 Å². The minimum absolute atomic E-state index is 0.00406. The van der Waals surface area contributed by atoms with E-state index in [0.29, 0.717) is 15.1 Å². The summed E-state index contributed by atoms with van der Waals surface area (Å²) in [5.74, 6) is -0.741. The monoisotopic (exact) mass is 412 g/mol. The molecule has 6 nitrogen and oxygen atoms in total. The van der Waals surface area contributed by atoms with Gasteiger partial charge in [0.25, 0.3) is 5.56 Å². The highest BCUT2D eigenvalue weighted by Crippen LogP contribution is 2.30. The van der Waals surface area contributed by atoms with Crippen LogP contribution in [0.15, 0.2) is 46.8 Å². The van der Waals surface area contributed by atoms with Crippen LogP contribution in [0, 0.1) is 6.92 Å². The summed E-state index contributed by atoms with van der Waals surface area (Å²) >= 11 is 2.80. The van der Waals surface area contributed by atoms with Crippen molar-refractivity contribution >= 4 is 54.7 Å². The molecule has 0 atom stereocenters. The first kappa shape index (κ1) is 18.5. The van der Waals surface area contributed by atoms with Crippen molar-refractivity contribution in [2.24, 2.45) is 0 Å². The second kappa shape index (κ2) is 7.65. The average Bonchev–Trinajstić information content (AvgIpc) is 3.31. The number of fused-ring (bicyclic) bond motifs is 2. The lowest BCUT2D eigenvalue weighted by Gasteiger charge is -2.06. The molecule has 0 bridgehead atoms. The van der Waals surface area contributed by atoms with Crippen molar-refractivity contribution in [2.75, 3.05) is 6.61 Å². The number of hydrogen-bond donors (Lipinski definition) is 0. The predicted octanol–water partition coefficient (Wildman–Crippen LogP) is 3.80. The summed E-state index contributed by atoms with van der Waals surface area (Å²) in [4.78, 5) is 42.3. The molecule has 0 fully saturated rings. The number of aryl methyl sites for hydroxylation is 2. The quantitative estimate of drug-likeness (QED) is 0.356. The third-order valence-corrected chi connectivity index (χ3v) is 6.60. The van der Waals surface area contributed by atoms with Crippen LogP contribution in [0.2, 0.25) is 0 Å². The summed E-state index contributed by atoms with van der Waals surface area (Å²) in [5.41, 5.74) is 0.722. The highest BCUT2D eigenvalue weighted by Gasteiger charge is 2.17. The molecule has 0 aliphatic heterocycles. The van der Waals surface area contributed by atoms with E-state index in [0.717, 1.165) is 15.6 Å². The summed E-state index contributed by atoms with van der Waals surface area (Å²) in [6.45, 7) is 1.75. The summed E-state index contributed by atoms with van der Waals surface area (Å²) in [7, 11) is 0. The minimum Gasteiger partial charge on any atom is -0.457 e. The number of carbonyl (C=O) groups excluding carboxylic acids is 2. The second-order valence-corrected chi connectivity index (χ2v) is 8.22. The lowest BCUT2D eigenvalue weighted by molar-refractivity contribution is -0.142. The van der Waals surface area contributed by atoms with Gasteiger partial charge in [-0.3, -0.25) is 19.0 Å². The molecule has 8 heteroatoms. The Labute approximate surface area is 168 Å². The molecule has 0 aliphatic carbocycles.